The first-order valence-corrected chi connectivity index (χ1v) is 5.71. The second kappa shape index (κ2) is 5.64. The first-order chi connectivity index (χ1) is 8.31. The molecule has 0 aliphatic rings. The van der Waals surface area contributed by atoms with Crippen molar-refractivity contribution < 1.29 is 9.13 Å². The second-order valence-corrected chi connectivity index (χ2v) is 3.76. The zero-order chi connectivity index (χ0) is 12.1. The van der Waals surface area contributed by atoms with Crippen molar-refractivity contribution in [3.05, 3.63) is 59.5 Å². The number of alkyl halides is 1. The largest absolute Gasteiger partial charge is 0.471 e. The normalized spacial score (nSPS) is 10.2. The zero-order valence-electron chi connectivity index (χ0n) is 9.07. The van der Waals surface area contributed by atoms with E-state index in [9.17, 15) is 4.39 Å². The molecule has 0 bridgehead atoms. The maximum absolute atomic E-state index is 13.7. The summed E-state index contributed by atoms with van der Waals surface area (Å²) in [7, 11) is 0. The van der Waals surface area contributed by atoms with Crippen molar-refractivity contribution >= 4 is 11.6 Å². The smallest absolute Gasteiger partial charge is 0.251 e. The van der Waals surface area contributed by atoms with Crippen LogP contribution in [0, 0.1) is 5.82 Å². The Labute approximate surface area is 104 Å². The summed E-state index contributed by atoms with van der Waals surface area (Å²) in [4.78, 5) is 3.85. The molecule has 1 heterocycles. The third kappa shape index (κ3) is 2.94. The third-order valence-corrected chi connectivity index (χ3v) is 2.59. The fraction of sp³-hybridized carbons (Fsp3) is 0.154. The lowest BCUT2D eigenvalue weighted by molar-refractivity contribution is 0.276. The molecule has 0 saturated heterocycles. The molecule has 4 heteroatoms. The predicted octanol–water partition coefficient (Wildman–Crippen LogP) is 3.54. The Balaban J connectivity index is 2.09. The van der Waals surface area contributed by atoms with Crippen LogP contribution < -0.4 is 4.74 Å². The van der Waals surface area contributed by atoms with Gasteiger partial charge < -0.3 is 4.74 Å². The van der Waals surface area contributed by atoms with Crippen LogP contribution in [0.5, 0.6) is 5.88 Å². The first-order valence-electron chi connectivity index (χ1n) is 5.17. The maximum atomic E-state index is 13.7. The molecule has 0 unspecified atom stereocenters. The SMILES string of the molecule is Fc1c(CCl)ccnc1OCc1ccccc1. The van der Waals surface area contributed by atoms with Crippen molar-refractivity contribution in [2.75, 3.05) is 0 Å². The quantitative estimate of drug-likeness (QED) is 0.776. The molecule has 88 valence electrons. The highest BCUT2D eigenvalue weighted by Gasteiger charge is 2.09. The number of benzene rings is 1. The Bertz CT molecular complexity index is 490. The Hall–Kier alpha value is -1.61. The van der Waals surface area contributed by atoms with Gasteiger partial charge in [0.05, 0.1) is 5.88 Å². The fourth-order valence-corrected chi connectivity index (χ4v) is 1.60. The fourth-order valence-electron chi connectivity index (χ4n) is 1.39. The summed E-state index contributed by atoms with van der Waals surface area (Å²) in [5.41, 5.74) is 1.36. The monoisotopic (exact) mass is 251 g/mol. The minimum atomic E-state index is -0.488. The van der Waals surface area contributed by atoms with Crippen molar-refractivity contribution in [2.24, 2.45) is 0 Å². The van der Waals surface area contributed by atoms with Gasteiger partial charge in [0.1, 0.15) is 6.61 Å². The molecule has 1 aromatic carbocycles. The summed E-state index contributed by atoms with van der Waals surface area (Å²) >= 11 is 5.60. The van der Waals surface area contributed by atoms with E-state index in [4.69, 9.17) is 16.3 Å². The standard InChI is InChI=1S/C13H11ClFNO/c14-8-11-6-7-16-13(12(11)15)17-9-10-4-2-1-3-5-10/h1-7H,8-9H2. The van der Waals surface area contributed by atoms with Gasteiger partial charge in [-0.2, -0.15) is 0 Å². The minimum Gasteiger partial charge on any atom is -0.471 e. The number of hydrogen-bond donors (Lipinski definition) is 0. The molecule has 0 radical (unpaired) electrons. The van der Waals surface area contributed by atoms with E-state index in [1.165, 1.54) is 12.3 Å². The highest BCUT2D eigenvalue weighted by atomic mass is 35.5. The molecule has 0 fully saturated rings. The van der Waals surface area contributed by atoms with Gasteiger partial charge in [0.25, 0.3) is 5.88 Å². The summed E-state index contributed by atoms with van der Waals surface area (Å²) in [6, 6.07) is 11.1. The third-order valence-electron chi connectivity index (χ3n) is 2.30. The van der Waals surface area contributed by atoms with Crippen LogP contribution >= 0.6 is 11.6 Å². The van der Waals surface area contributed by atoms with Gasteiger partial charge in [-0.25, -0.2) is 9.37 Å². The van der Waals surface area contributed by atoms with E-state index in [0.717, 1.165) is 5.56 Å². The van der Waals surface area contributed by atoms with Gasteiger partial charge in [0, 0.05) is 11.8 Å². The van der Waals surface area contributed by atoms with Crippen LogP contribution in [0.15, 0.2) is 42.6 Å². The summed E-state index contributed by atoms with van der Waals surface area (Å²) < 4.78 is 19.0. The van der Waals surface area contributed by atoms with Crippen molar-refractivity contribution in [3.63, 3.8) is 0 Å². The van der Waals surface area contributed by atoms with E-state index >= 15 is 0 Å². The number of pyridine rings is 1. The summed E-state index contributed by atoms with van der Waals surface area (Å²) in [5, 5.41) is 0. The van der Waals surface area contributed by atoms with Crippen molar-refractivity contribution in [1.82, 2.24) is 4.98 Å². The topological polar surface area (TPSA) is 22.1 Å². The molecule has 17 heavy (non-hydrogen) atoms. The molecule has 2 aromatic rings. The van der Waals surface area contributed by atoms with Crippen molar-refractivity contribution in [1.29, 1.82) is 0 Å². The highest BCUT2D eigenvalue weighted by molar-refractivity contribution is 6.17. The van der Waals surface area contributed by atoms with E-state index in [-0.39, 0.29) is 18.4 Å². The van der Waals surface area contributed by atoms with Gasteiger partial charge in [-0.15, -0.1) is 11.6 Å². The van der Waals surface area contributed by atoms with Crippen LogP contribution in [-0.2, 0) is 12.5 Å². The van der Waals surface area contributed by atoms with Crippen LogP contribution in [0.4, 0.5) is 4.39 Å². The molecular formula is C13H11ClFNO. The van der Waals surface area contributed by atoms with Crippen LogP contribution in [0.2, 0.25) is 0 Å². The number of aromatic nitrogens is 1. The number of ether oxygens (including phenoxy) is 1. The summed E-state index contributed by atoms with van der Waals surface area (Å²) in [5.74, 6) is -0.388. The molecule has 2 rings (SSSR count). The molecule has 0 aliphatic heterocycles. The lowest BCUT2D eigenvalue weighted by atomic mass is 10.2. The molecule has 0 aliphatic carbocycles. The lowest BCUT2D eigenvalue weighted by Crippen LogP contribution is -2.01. The molecule has 1 aromatic heterocycles. The molecule has 0 spiro atoms. The predicted molar refractivity (Wildman–Crippen MR) is 64.5 cm³/mol. The minimum absolute atomic E-state index is 0.00740. The van der Waals surface area contributed by atoms with Crippen molar-refractivity contribution in [2.45, 2.75) is 12.5 Å². The number of nitrogens with zero attached hydrogens (tertiary/aromatic N) is 1. The van der Waals surface area contributed by atoms with Crippen LogP contribution in [0.3, 0.4) is 0 Å². The van der Waals surface area contributed by atoms with Gasteiger partial charge in [-0.05, 0) is 11.6 Å². The maximum Gasteiger partial charge on any atom is 0.251 e. The van der Waals surface area contributed by atoms with Gasteiger partial charge in [-0.3, -0.25) is 0 Å². The summed E-state index contributed by atoms with van der Waals surface area (Å²) in [6.45, 7) is 0.288. The van der Waals surface area contributed by atoms with Crippen LogP contribution in [0.25, 0.3) is 0 Å². The van der Waals surface area contributed by atoms with Gasteiger partial charge >= 0.3 is 0 Å². The van der Waals surface area contributed by atoms with Crippen molar-refractivity contribution in [3.8, 4) is 5.88 Å². The molecule has 0 saturated carbocycles. The zero-order valence-corrected chi connectivity index (χ0v) is 9.82. The number of hydrogen-bond acceptors (Lipinski definition) is 2. The van der Waals surface area contributed by atoms with Crippen LogP contribution in [0.1, 0.15) is 11.1 Å². The Kier molecular flexibility index (Phi) is 3.94. The number of rotatable bonds is 4. The van der Waals surface area contributed by atoms with E-state index in [1.807, 2.05) is 30.3 Å². The summed E-state index contributed by atoms with van der Waals surface area (Å²) in [6.07, 6.45) is 1.49. The van der Waals surface area contributed by atoms with E-state index in [2.05, 4.69) is 4.98 Å². The molecule has 0 amide bonds. The number of halogens is 2. The van der Waals surface area contributed by atoms with E-state index < -0.39 is 5.82 Å². The molecule has 0 atom stereocenters. The Morgan fingerprint density at radius 2 is 1.94 bits per heavy atom. The highest BCUT2D eigenvalue weighted by Crippen LogP contribution is 2.19. The van der Waals surface area contributed by atoms with Gasteiger partial charge in [0.2, 0.25) is 0 Å². The molecule has 2 nitrogen and oxygen atoms in total. The second-order valence-electron chi connectivity index (χ2n) is 3.50. The first kappa shape index (κ1) is 11.9. The Morgan fingerprint density at radius 3 is 2.65 bits per heavy atom. The lowest BCUT2D eigenvalue weighted by Gasteiger charge is -2.07. The van der Waals surface area contributed by atoms with Gasteiger partial charge in [0.15, 0.2) is 5.82 Å². The molecular weight excluding hydrogens is 241 g/mol. The van der Waals surface area contributed by atoms with E-state index in [0.29, 0.717) is 5.56 Å². The average molecular weight is 252 g/mol. The average Bonchev–Trinajstić information content (AvgIpc) is 2.39. The van der Waals surface area contributed by atoms with E-state index in [1.54, 1.807) is 0 Å². The van der Waals surface area contributed by atoms with Gasteiger partial charge in [-0.1, -0.05) is 30.3 Å². The van der Waals surface area contributed by atoms with Crippen LogP contribution in [-0.4, -0.2) is 4.98 Å². The Morgan fingerprint density at radius 1 is 1.18 bits per heavy atom. The molecule has 0 N–H and O–H groups in total.